The SMILES string of the molecule is CCc1ccc(Oc2ccc(F)cc2[C@H](C)N)cc1. The van der Waals surface area contributed by atoms with Gasteiger partial charge in [0.05, 0.1) is 0 Å². The predicted octanol–water partition coefficient (Wildman–Crippen LogP) is 4.20. The molecule has 0 aliphatic rings. The Morgan fingerprint density at radius 3 is 2.42 bits per heavy atom. The molecule has 3 heteroatoms. The van der Waals surface area contributed by atoms with Crippen molar-refractivity contribution in [2.75, 3.05) is 0 Å². The first-order chi connectivity index (χ1) is 9.10. The zero-order valence-electron chi connectivity index (χ0n) is 11.2. The minimum Gasteiger partial charge on any atom is -0.457 e. The highest BCUT2D eigenvalue weighted by molar-refractivity contribution is 5.40. The van der Waals surface area contributed by atoms with Crippen molar-refractivity contribution in [3.8, 4) is 11.5 Å². The second-order valence-electron chi connectivity index (χ2n) is 4.57. The summed E-state index contributed by atoms with van der Waals surface area (Å²) in [7, 11) is 0. The minimum atomic E-state index is -0.305. The van der Waals surface area contributed by atoms with Crippen LogP contribution < -0.4 is 10.5 Å². The third kappa shape index (κ3) is 3.32. The first kappa shape index (κ1) is 13.6. The van der Waals surface area contributed by atoms with Gasteiger partial charge in [-0.1, -0.05) is 19.1 Å². The highest BCUT2D eigenvalue weighted by Gasteiger charge is 2.10. The molecular formula is C16H18FNO. The Labute approximate surface area is 113 Å². The molecule has 2 aromatic rings. The Hall–Kier alpha value is -1.87. The van der Waals surface area contributed by atoms with Crippen molar-refractivity contribution in [1.29, 1.82) is 0 Å². The summed E-state index contributed by atoms with van der Waals surface area (Å²) in [5.41, 5.74) is 7.75. The maximum Gasteiger partial charge on any atom is 0.132 e. The van der Waals surface area contributed by atoms with Gasteiger partial charge in [-0.2, -0.15) is 0 Å². The summed E-state index contributed by atoms with van der Waals surface area (Å²) < 4.78 is 19.0. The van der Waals surface area contributed by atoms with Crippen molar-refractivity contribution in [3.05, 3.63) is 59.4 Å². The normalized spacial score (nSPS) is 12.2. The molecule has 2 rings (SSSR count). The number of hydrogen-bond acceptors (Lipinski definition) is 2. The Balaban J connectivity index is 2.26. The van der Waals surface area contributed by atoms with Crippen LogP contribution >= 0.6 is 0 Å². The molecule has 0 aliphatic heterocycles. The Bertz CT molecular complexity index is 549. The molecular weight excluding hydrogens is 241 g/mol. The van der Waals surface area contributed by atoms with Gasteiger partial charge in [-0.15, -0.1) is 0 Å². The Kier molecular flexibility index (Phi) is 4.17. The van der Waals surface area contributed by atoms with E-state index in [9.17, 15) is 4.39 Å². The van der Waals surface area contributed by atoms with Gasteiger partial charge >= 0.3 is 0 Å². The molecule has 0 spiro atoms. The quantitative estimate of drug-likeness (QED) is 0.893. The number of rotatable bonds is 4. The van der Waals surface area contributed by atoms with Gasteiger partial charge in [0.1, 0.15) is 17.3 Å². The number of halogens is 1. The fraction of sp³-hybridized carbons (Fsp3) is 0.250. The molecule has 0 unspecified atom stereocenters. The van der Waals surface area contributed by atoms with Crippen LogP contribution in [-0.2, 0) is 6.42 Å². The molecule has 0 heterocycles. The average Bonchev–Trinajstić information content (AvgIpc) is 2.41. The number of ether oxygens (including phenoxy) is 1. The van der Waals surface area contributed by atoms with E-state index in [1.807, 2.05) is 31.2 Å². The lowest BCUT2D eigenvalue weighted by Crippen LogP contribution is -2.07. The standard InChI is InChI=1S/C16H18FNO/c1-3-12-4-7-14(8-5-12)19-16-9-6-13(17)10-15(16)11(2)18/h4-11H,3,18H2,1-2H3/t11-/m0/s1. The van der Waals surface area contributed by atoms with Gasteiger partial charge in [0.25, 0.3) is 0 Å². The maximum atomic E-state index is 13.2. The largest absolute Gasteiger partial charge is 0.457 e. The fourth-order valence-electron chi connectivity index (χ4n) is 1.89. The van der Waals surface area contributed by atoms with E-state index in [-0.39, 0.29) is 11.9 Å². The molecule has 2 N–H and O–H groups in total. The number of benzene rings is 2. The van der Waals surface area contributed by atoms with Gasteiger partial charge in [-0.05, 0) is 49.2 Å². The number of aryl methyl sites for hydroxylation is 1. The topological polar surface area (TPSA) is 35.2 Å². The molecule has 0 saturated carbocycles. The molecule has 0 fully saturated rings. The lowest BCUT2D eigenvalue weighted by molar-refractivity contribution is 0.469. The molecule has 1 atom stereocenters. The van der Waals surface area contributed by atoms with Gasteiger partial charge in [0.15, 0.2) is 0 Å². The van der Waals surface area contributed by atoms with E-state index in [1.165, 1.54) is 17.7 Å². The van der Waals surface area contributed by atoms with Gasteiger partial charge in [0.2, 0.25) is 0 Å². The first-order valence-corrected chi connectivity index (χ1v) is 6.42. The number of nitrogens with two attached hydrogens (primary N) is 1. The molecule has 100 valence electrons. The fourth-order valence-corrected chi connectivity index (χ4v) is 1.89. The van der Waals surface area contributed by atoms with E-state index in [4.69, 9.17) is 10.5 Å². The second-order valence-corrected chi connectivity index (χ2v) is 4.57. The zero-order chi connectivity index (χ0) is 13.8. The van der Waals surface area contributed by atoms with Crippen LogP contribution in [0.15, 0.2) is 42.5 Å². The third-order valence-corrected chi connectivity index (χ3v) is 3.02. The summed E-state index contributed by atoms with van der Waals surface area (Å²) >= 11 is 0. The summed E-state index contributed by atoms with van der Waals surface area (Å²) in [6.45, 7) is 3.91. The van der Waals surface area contributed by atoms with E-state index in [1.54, 1.807) is 6.07 Å². The van der Waals surface area contributed by atoms with Crippen molar-refractivity contribution >= 4 is 0 Å². The van der Waals surface area contributed by atoms with Crippen LogP contribution in [0.5, 0.6) is 11.5 Å². The van der Waals surface area contributed by atoms with Crippen molar-refractivity contribution in [2.45, 2.75) is 26.3 Å². The van der Waals surface area contributed by atoms with Crippen LogP contribution in [0, 0.1) is 5.82 Å². The molecule has 2 aromatic carbocycles. The van der Waals surface area contributed by atoms with Crippen molar-refractivity contribution in [3.63, 3.8) is 0 Å². The lowest BCUT2D eigenvalue weighted by atomic mass is 10.1. The molecule has 2 nitrogen and oxygen atoms in total. The van der Waals surface area contributed by atoms with Gasteiger partial charge < -0.3 is 10.5 Å². The summed E-state index contributed by atoms with van der Waals surface area (Å²) in [5, 5.41) is 0. The highest BCUT2D eigenvalue weighted by Crippen LogP contribution is 2.29. The van der Waals surface area contributed by atoms with Gasteiger partial charge in [-0.25, -0.2) is 4.39 Å². The summed E-state index contributed by atoms with van der Waals surface area (Å²) in [6, 6.07) is 12.0. The molecule has 0 amide bonds. The van der Waals surface area contributed by atoms with E-state index < -0.39 is 0 Å². The monoisotopic (exact) mass is 259 g/mol. The molecule has 19 heavy (non-hydrogen) atoms. The van der Waals surface area contributed by atoms with Crippen LogP contribution in [0.2, 0.25) is 0 Å². The molecule has 0 saturated heterocycles. The maximum absolute atomic E-state index is 13.2. The lowest BCUT2D eigenvalue weighted by Gasteiger charge is -2.14. The van der Waals surface area contributed by atoms with Crippen LogP contribution in [0.25, 0.3) is 0 Å². The van der Waals surface area contributed by atoms with Crippen molar-refractivity contribution in [2.24, 2.45) is 5.73 Å². The van der Waals surface area contributed by atoms with Crippen LogP contribution in [0.3, 0.4) is 0 Å². The Morgan fingerprint density at radius 1 is 1.16 bits per heavy atom. The van der Waals surface area contributed by atoms with Crippen LogP contribution in [-0.4, -0.2) is 0 Å². The van der Waals surface area contributed by atoms with E-state index in [0.717, 1.165) is 12.2 Å². The van der Waals surface area contributed by atoms with Gasteiger partial charge in [-0.3, -0.25) is 0 Å². The zero-order valence-corrected chi connectivity index (χ0v) is 11.2. The number of hydrogen-bond donors (Lipinski definition) is 1. The average molecular weight is 259 g/mol. The highest BCUT2D eigenvalue weighted by atomic mass is 19.1. The van der Waals surface area contributed by atoms with Crippen LogP contribution in [0.1, 0.15) is 31.0 Å². The Morgan fingerprint density at radius 2 is 1.84 bits per heavy atom. The summed E-state index contributed by atoms with van der Waals surface area (Å²) in [5.74, 6) is 1.02. The second kappa shape index (κ2) is 5.85. The smallest absolute Gasteiger partial charge is 0.132 e. The molecule has 0 radical (unpaired) electrons. The summed E-state index contributed by atoms with van der Waals surface area (Å²) in [6.07, 6.45) is 0.988. The van der Waals surface area contributed by atoms with E-state index in [2.05, 4.69) is 6.92 Å². The first-order valence-electron chi connectivity index (χ1n) is 6.42. The van der Waals surface area contributed by atoms with E-state index in [0.29, 0.717) is 11.3 Å². The van der Waals surface area contributed by atoms with Crippen LogP contribution in [0.4, 0.5) is 4.39 Å². The summed E-state index contributed by atoms with van der Waals surface area (Å²) in [4.78, 5) is 0. The van der Waals surface area contributed by atoms with Gasteiger partial charge in [0, 0.05) is 11.6 Å². The molecule has 0 bridgehead atoms. The van der Waals surface area contributed by atoms with Crippen molar-refractivity contribution < 1.29 is 9.13 Å². The minimum absolute atomic E-state index is 0.277. The third-order valence-electron chi connectivity index (χ3n) is 3.02. The molecule has 0 aliphatic carbocycles. The predicted molar refractivity (Wildman–Crippen MR) is 74.9 cm³/mol. The van der Waals surface area contributed by atoms with Crippen molar-refractivity contribution in [1.82, 2.24) is 0 Å². The van der Waals surface area contributed by atoms with E-state index >= 15 is 0 Å². The molecule has 0 aromatic heterocycles.